The molecule has 0 saturated heterocycles. The summed E-state index contributed by atoms with van der Waals surface area (Å²) in [6.45, 7) is 2.01. The Balaban J connectivity index is 2.94. The first-order chi connectivity index (χ1) is 5.29. The van der Waals surface area contributed by atoms with E-state index in [1.54, 1.807) is 6.26 Å². The standard InChI is InChI=1S/C9H11NO/c1-3-8(10)7-5-6-11-9(7)4-2/h1,5-6,8H,4,10H2,2H3. The highest BCUT2D eigenvalue weighted by molar-refractivity contribution is 5.27. The smallest absolute Gasteiger partial charge is 0.109 e. The summed E-state index contributed by atoms with van der Waals surface area (Å²) < 4.78 is 5.16. The van der Waals surface area contributed by atoms with Crippen LogP contribution in [0.4, 0.5) is 0 Å². The highest BCUT2D eigenvalue weighted by atomic mass is 16.3. The topological polar surface area (TPSA) is 39.2 Å². The SMILES string of the molecule is C#CC(N)c1ccoc1CC. The molecule has 0 fully saturated rings. The maximum atomic E-state index is 5.62. The summed E-state index contributed by atoms with van der Waals surface area (Å²) in [5.41, 5.74) is 6.54. The lowest BCUT2D eigenvalue weighted by Gasteiger charge is -2.01. The number of nitrogens with two attached hydrogens (primary N) is 1. The van der Waals surface area contributed by atoms with Crippen LogP contribution in [0.1, 0.15) is 24.3 Å². The molecular formula is C9H11NO. The second-order valence-corrected chi connectivity index (χ2v) is 2.30. The van der Waals surface area contributed by atoms with E-state index in [9.17, 15) is 0 Å². The third-order valence-electron chi connectivity index (χ3n) is 1.62. The molecular weight excluding hydrogens is 138 g/mol. The van der Waals surface area contributed by atoms with E-state index in [1.807, 2.05) is 13.0 Å². The Bertz CT molecular complexity index is 269. The summed E-state index contributed by atoms with van der Waals surface area (Å²) in [5, 5.41) is 0. The fourth-order valence-electron chi connectivity index (χ4n) is 1.00. The minimum Gasteiger partial charge on any atom is -0.469 e. The van der Waals surface area contributed by atoms with Gasteiger partial charge in [0.2, 0.25) is 0 Å². The predicted molar refractivity (Wildman–Crippen MR) is 43.8 cm³/mol. The third kappa shape index (κ3) is 1.44. The molecule has 1 rings (SSSR count). The van der Waals surface area contributed by atoms with Crippen molar-refractivity contribution in [2.45, 2.75) is 19.4 Å². The zero-order chi connectivity index (χ0) is 8.27. The predicted octanol–water partition coefficient (Wildman–Crippen LogP) is 1.48. The molecule has 0 aliphatic carbocycles. The molecule has 0 spiro atoms. The number of terminal acetylenes is 1. The average molecular weight is 149 g/mol. The van der Waals surface area contributed by atoms with Gasteiger partial charge in [-0.25, -0.2) is 0 Å². The number of aryl methyl sites for hydroxylation is 1. The van der Waals surface area contributed by atoms with E-state index in [-0.39, 0.29) is 6.04 Å². The molecule has 1 unspecified atom stereocenters. The van der Waals surface area contributed by atoms with Gasteiger partial charge in [0.15, 0.2) is 0 Å². The van der Waals surface area contributed by atoms with Crippen molar-refractivity contribution >= 4 is 0 Å². The van der Waals surface area contributed by atoms with Crippen LogP contribution < -0.4 is 5.73 Å². The summed E-state index contributed by atoms with van der Waals surface area (Å²) in [6.07, 6.45) is 7.62. The van der Waals surface area contributed by atoms with Gasteiger partial charge in [-0.3, -0.25) is 0 Å². The van der Waals surface area contributed by atoms with Crippen molar-refractivity contribution in [1.82, 2.24) is 0 Å². The second kappa shape index (κ2) is 3.27. The molecule has 11 heavy (non-hydrogen) atoms. The van der Waals surface area contributed by atoms with Crippen LogP contribution in [0, 0.1) is 12.3 Å². The van der Waals surface area contributed by atoms with Crippen LogP contribution in [-0.4, -0.2) is 0 Å². The maximum Gasteiger partial charge on any atom is 0.109 e. The van der Waals surface area contributed by atoms with Crippen LogP contribution >= 0.6 is 0 Å². The minimum absolute atomic E-state index is 0.330. The molecule has 2 nitrogen and oxygen atoms in total. The van der Waals surface area contributed by atoms with Crippen LogP contribution in [0.3, 0.4) is 0 Å². The molecule has 0 aromatic carbocycles. The third-order valence-corrected chi connectivity index (χ3v) is 1.62. The van der Waals surface area contributed by atoms with Crippen molar-refractivity contribution in [1.29, 1.82) is 0 Å². The van der Waals surface area contributed by atoms with Crippen LogP contribution in [0.25, 0.3) is 0 Å². The number of hydrogen-bond acceptors (Lipinski definition) is 2. The molecule has 0 aliphatic rings. The van der Waals surface area contributed by atoms with Crippen molar-refractivity contribution in [3.8, 4) is 12.3 Å². The largest absolute Gasteiger partial charge is 0.469 e. The van der Waals surface area contributed by atoms with Gasteiger partial charge in [0.1, 0.15) is 5.76 Å². The molecule has 0 radical (unpaired) electrons. The molecule has 0 amide bonds. The minimum atomic E-state index is -0.330. The first kappa shape index (κ1) is 7.90. The van der Waals surface area contributed by atoms with Crippen LogP contribution in [0.15, 0.2) is 16.7 Å². The van der Waals surface area contributed by atoms with E-state index in [0.29, 0.717) is 0 Å². The molecule has 58 valence electrons. The van der Waals surface area contributed by atoms with Gasteiger partial charge in [-0.2, -0.15) is 0 Å². The van der Waals surface area contributed by atoms with E-state index in [1.165, 1.54) is 0 Å². The molecule has 1 heterocycles. The van der Waals surface area contributed by atoms with Gasteiger partial charge >= 0.3 is 0 Å². The van der Waals surface area contributed by atoms with Gasteiger partial charge in [-0.1, -0.05) is 12.8 Å². The summed E-state index contributed by atoms with van der Waals surface area (Å²) in [6, 6.07) is 1.49. The fourth-order valence-corrected chi connectivity index (χ4v) is 1.00. The van der Waals surface area contributed by atoms with E-state index < -0.39 is 0 Å². The Labute approximate surface area is 66.4 Å². The molecule has 2 heteroatoms. The van der Waals surface area contributed by atoms with Crippen molar-refractivity contribution < 1.29 is 4.42 Å². The Morgan fingerprint density at radius 1 is 1.82 bits per heavy atom. The van der Waals surface area contributed by atoms with Gasteiger partial charge in [0.05, 0.1) is 12.3 Å². The molecule has 1 aromatic rings. The van der Waals surface area contributed by atoms with Crippen LogP contribution in [-0.2, 0) is 6.42 Å². The van der Waals surface area contributed by atoms with Crippen molar-refractivity contribution in [2.24, 2.45) is 5.73 Å². The number of rotatable bonds is 2. The highest BCUT2D eigenvalue weighted by Crippen LogP contribution is 2.16. The van der Waals surface area contributed by atoms with E-state index in [0.717, 1.165) is 17.7 Å². The lowest BCUT2D eigenvalue weighted by molar-refractivity contribution is 0.510. The summed E-state index contributed by atoms with van der Waals surface area (Å²) in [5.74, 6) is 3.34. The Morgan fingerprint density at radius 2 is 2.55 bits per heavy atom. The molecule has 2 N–H and O–H groups in total. The Hall–Kier alpha value is -1.20. The molecule has 0 aliphatic heterocycles. The summed E-state index contributed by atoms with van der Waals surface area (Å²) >= 11 is 0. The Kier molecular flexibility index (Phi) is 2.35. The zero-order valence-electron chi connectivity index (χ0n) is 6.50. The van der Waals surface area contributed by atoms with Gasteiger partial charge in [0.25, 0.3) is 0 Å². The fraction of sp³-hybridized carbons (Fsp3) is 0.333. The monoisotopic (exact) mass is 149 g/mol. The van der Waals surface area contributed by atoms with Gasteiger partial charge in [-0.15, -0.1) is 6.42 Å². The van der Waals surface area contributed by atoms with Gasteiger partial charge in [0, 0.05) is 12.0 Å². The second-order valence-electron chi connectivity index (χ2n) is 2.30. The summed E-state index contributed by atoms with van der Waals surface area (Å²) in [4.78, 5) is 0. The number of furan rings is 1. The first-order valence-corrected chi connectivity index (χ1v) is 3.57. The molecule has 1 aromatic heterocycles. The van der Waals surface area contributed by atoms with Crippen molar-refractivity contribution in [2.75, 3.05) is 0 Å². The van der Waals surface area contributed by atoms with E-state index in [4.69, 9.17) is 16.6 Å². The summed E-state index contributed by atoms with van der Waals surface area (Å²) in [7, 11) is 0. The lowest BCUT2D eigenvalue weighted by atomic mass is 10.1. The first-order valence-electron chi connectivity index (χ1n) is 3.57. The quantitative estimate of drug-likeness (QED) is 0.647. The molecule has 1 atom stereocenters. The van der Waals surface area contributed by atoms with Crippen molar-refractivity contribution in [3.05, 3.63) is 23.7 Å². The zero-order valence-corrected chi connectivity index (χ0v) is 6.50. The van der Waals surface area contributed by atoms with Crippen LogP contribution in [0.5, 0.6) is 0 Å². The molecule has 0 bridgehead atoms. The highest BCUT2D eigenvalue weighted by Gasteiger charge is 2.09. The van der Waals surface area contributed by atoms with E-state index in [2.05, 4.69) is 5.92 Å². The normalized spacial score (nSPS) is 12.5. The lowest BCUT2D eigenvalue weighted by Crippen LogP contribution is -2.07. The van der Waals surface area contributed by atoms with Gasteiger partial charge in [-0.05, 0) is 6.07 Å². The van der Waals surface area contributed by atoms with Crippen LogP contribution in [0.2, 0.25) is 0 Å². The Morgan fingerprint density at radius 3 is 3.09 bits per heavy atom. The van der Waals surface area contributed by atoms with Crippen molar-refractivity contribution in [3.63, 3.8) is 0 Å². The maximum absolute atomic E-state index is 5.62. The number of hydrogen-bond donors (Lipinski definition) is 1. The molecule has 0 saturated carbocycles. The van der Waals surface area contributed by atoms with Gasteiger partial charge < -0.3 is 10.2 Å². The average Bonchev–Trinajstić information content (AvgIpc) is 2.50. The van der Waals surface area contributed by atoms with E-state index >= 15 is 0 Å².